The molecule has 1 aromatic rings. The number of benzene rings is 1. The van der Waals surface area contributed by atoms with E-state index in [-0.39, 0.29) is 5.41 Å². The summed E-state index contributed by atoms with van der Waals surface area (Å²) < 4.78 is 5.90. The zero-order valence-corrected chi connectivity index (χ0v) is 13.6. The number of hydrogen-bond donors (Lipinski definition) is 1. The summed E-state index contributed by atoms with van der Waals surface area (Å²) in [6.45, 7) is 13.4. The summed E-state index contributed by atoms with van der Waals surface area (Å²) in [6.07, 6.45) is 0. The van der Waals surface area contributed by atoms with Crippen molar-refractivity contribution in [3.05, 3.63) is 29.8 Å². The van der Waals surface area contributed by atoms with Gasteiger partial charge in [-0.05, 0) is 48.0 Å². The molecule has 3 rings (SSSR count). The van der Waals surface area contributed by atoms with Crippen LogP contribution in [0.25, 0.3) is 0 Å². The van der Waals surface area contributed by atoms with E-state index in [1.807, 2.05) is 0 Å². The molecule has 3 nitrogen and oxygen atoms in total. The van der Waals surface area contributed by atoms with Crippen molar-refractivity contribution in [3.8, 4) is 5.75 Å². The highest BCUT2D eigenvalue weighted by molar-refractivity contribution is 5.31. The quantitative estimate of drug-likeness (QED) is 0.921. The Balaban J connectivity index is 1.43. The molecule has 0 spiro atoms. The summed E-state index contributed by atoms with van der Waals surface area (Å²) in [5, 5.41) is 3.49. The highest BCUT2D eigenvalue weighted by Crippen LogP contribution is 2.26. The van der Waals surface area contributed by atoms with Crippen molar-refractivity contribution in [1.29, 1.82) is 0 Å². The molecular weight excluding hydrogens is 260 g/mol. The first-order valence-corrected chi connectivity index (χ1v) is 8.19. The average molecular weight is 288 g/mol. The Labute approximate surface area is 128 Å². The van der Waals surface area contributed by atoms with Gasteiger partial charge in [-0.3, -0.25) is 4.90 Å². The summed E-state index contributed by atoms with van der Waals surface area (Å²) in [7, 11) is 0. The predicted molar refractivity (Wildman–Crippen MR) is 86.9 cm³/mol. The molecule has 2 saturated heterocycles. The zero-order chi connectivity index (χ0) is 14.9. The molecule has 0 aromatic heterocycles. The van der Waals surface area contributed by atoms with Gasteiger partial charge < -0.3 is 10.1 Å². The van der Waals surface area contributed by atoms with Crippen LogP contribution >= 0.6 is 0 Å². The van der Waals surface area contributed by atoms with E-state index < -0.39 is 0 Å². The number of ether oxygens (including phenoxy) is 1. The third kappa shape index (κ3) is 3.58. The molecule has 21 heavy (non-hydrogen) atoms. The van der Waals surface area contributed by atoms with Gasteiger partial charge in [0, 0.05) is 19.6 Å². The Morgan fingerprint density at radius 2 is 1.71 bits per heavy atom. The van der Waals surface area contributed by atoms with Crippen LogP contribution in [0.1, 0.15) is 26.3 Å². The average Bonchev–Trinajstić information content (AvgIpc) is 2.99. The molecule has 1 N–H and O–H groups in total. The lowest BCUT2D eigenvalue weighted by Crippen LogP contribution is -2.29. The largest absolute Gasteiger partial charge is 0.492 e. The van der Waals surface area contributed by atoms with Crippen LogP contribution < -0.4 is 10.1 Å². The van der Waals surface area contributed by atoms with Crippen molar-refractivity contribution in [1.82, 2.24) is 10.2 Å². The summed E-state index contributed by atoms with van der Waals surface area (Å²) >= 11 is 0. The van der Waals surface area contributed by atoms with E-state index in [9.17, 15) is 0 Å². The smallest absolute Gasteiger partial charge is 0.119 e. The molecular formula is C18H28N2O. The fraction of sp³-hybridized carbons (Fsp3) is 0.667. The number of nitrogens with zero attached hydrogens (tertiary/aromatic N) is 1. The maximum Gasteiger partial charge on any atom is 0.119 e. The highest BCUT2D eigenvalue weighted by atomic mass is 16.5. The summed E-state index contributed by atoms with van der Waals surface area (Å²) in [5.74, 6) is 2.73. The number of nitrogens with one attached hydrogen (secondary N) is 1. The molecule has 116 valence electrons. The van der Waals surface area contributed by atoms with Crippen molar-refractivity contribution in [2.45, 2.75) is 26.2 Å². The summed E-state index contributed by atoms with van der Waals surface area (Å²) in [4.78, 5) is 2.56. The topological polar surface area (TPSA) is 24.5 Å². The molecule has 2 heterocycles. The van der Waals surface area contributed by atoms with E-state index in [1.165, 1.54) is 31.7 Å². The highest BCUT2D eigenvalue weighted by Gasteiger charge is 2.35. The van der Waals surface area contributed by atoms with Gasteiger partial charge in [0.25, 0.3) is 0 Å². The predicted octanol–water partition coefficient (Wildman–Crippen LogP) is 2.51. The van der Waals surface area contributed by atoms with E-state index in [0.717, 1.165) is 30.7 Å². The van der Waals surface area contributed by atoms with Gasteiger partial charge in [0.05, 0.1) is 0 Å². The van der Waals surface area contributed by atoms with Gasteiger partial charge in [-0.2, -0.15) is 0 Å². The monoisotopic (exact) mass is 288 g/mol. The Hall–Kier alpha value is -1.06. The van der Waals surface area contributed by atoms with Gasteiger partial charge in [0.2, 0.25) is 0 Å². The van der Waals surface area contributed by atoms with Gasteiger partial charge in [-0.25, -0.2) is 0 Å². The van der Waals surface area contributed by atoms with Gasteiger partial charge >= 0.3 is 0 Å². The van der Waals surface area contributed by atoms with Gasteiger partial charge in [0.15, 0.2) is 0 Å². The number of rotatable bonds is 4. The fourth-order valence-corrected chi connectivity index (χ4v) is 3.48. The molecule has 0 bridgehead atoms. The van der Waals surface area contributed by atoms with Gasteiger partial charge in [0.1, 0.15) is 12.4 Å². The van der Waals surface area contributed by atoms with Crippen LogP contribution in [-0.2, 0) is 5.41 Å². The first kappa shape index (κ1) is 14.9. The lowest BCUT2D eigenvalue weighted by molar-refractivity contribution is 0.228. The number of hydrogen-bond acceptors (Lipinski definition) is 3. The lowest BCUT2D eigenvalue weighted by Gasteiger charge is -2.20. The van der Waals surface area contributed by atoms with Gasteiger partial charge in [-0.15, -0.1) is 0 Å². The maximum absolute atomic E-state index is 5.90. The number of likely N-dealkylation sites (tertiary alicyclic amines) is 1. The normalized spacial score (nSPS) is 26.0. The zero-order valence-electron chi connectivity index (χ0n) is 13.6. The minimum Gasteiger partial charge on any atom is -0.492 e. The van der Waals surface area contributed by atoms with Crippen LogP contribution in [0.5, 0.6) is 5.75 Å². The van der Waals surface area contributed by atoms with E-state index in [1.54, 1.807) is 0 Å². The van der Waals surface area contributed by atoms with Crippen molar-refractivity contribution in [3.63, 3.8) is 0 Å². The third-order valence-corrected chi connectivity index (χ3v) is 4.86. The summed E-state index contributed by atoms with van der Waals surface area (Å²) in [6, 6.07) is 8.56. The fourth-order valence-electron chi connectivity index (χ4n) is 3.48. The minimum atomic E-state index is 0.208. The Bertz CT molecular complexity index is 451. The second-order valence-electron chi connectivity index (χ2n) is 7.56. The van der Waals surface area contributed by atoms with Crippen molar-refractivity contribution in [2.75, 3.05) is 39.3 Å². The molecule has 2 unspecified atom stereocenters. The van der Waals surface area contributed by atoms with Gasteiger partial charge in [-0.1, -0.05) is 32.9 Å². The van der Waals surface area contributed by atoms with E-state index in [0.29, 0.717) is 0 Å². The second kappa shape index (κ2) is 5.98. The molecule has 0 amide bonds. The van der Waals surface area contributed by atoms with Crippen LogP contribution in [0.2, 0.25) is 0 Å². The molecule has 0 saturated carbocycles. The van der Waals surface area contributed by atoms with Crippen molar-refractivity contribution < 1.29 is 4.74 Å². The molecule has 2 aliphatic rings. The second-order valence-corrected chi connectivity index (χ2v) is 7.56. The Kier molecular flexibility index (Phi) is 4.23. The van der Waals surface area contributed by atoms with E-state index >= 15 is 0 Å². The van der Waals surface area contributed by atoms with E-state index in [4.69, 9.17) is 4.74 Å². The molecule has 0 radical (unpaired) electrons. The summed E-state index contributed by atoms with van der Waals surface area (Å²) in [5.41, 5.74) is 1.56. The molecule has 0 aliphatic carbocycles. The Morgan fingerprint density at radius 1 is 1.10 bits per heavy atom. The lowest BCUT2D eigenvalue weighted by atomic mass is 9.87. The minimum absolute atomic E-state index is 0.208. The van der Waals surface area contributed by atoms with Crippen LogP contribution in [0.15, 0.2) is 24.3 Å². The van der Waals surface area contributed by atoms with E-state index in [2.05, 4.69) is 55.3 Å². The van der Waals surface area contributed by atoms with Crippen LogP contribution in [-0.4, -0.2) is 44.2 Å². The molecule has 2 atom stereocenters. The Morgan fingerprint density at radius 3 is 2.29 bits per heavy atom. The van der Waals surface area contributed by atoms with Crippen LogP contribution in [0.4, 0.5) is 0 Å². The molecule has 2 fully saturated rings. The molecule has 1 aromatic carbocycles. The molecule has 3 heteroatoms. The standard InChI is InChI=1S/C18H28N2O/c1-18(2,3)16-4-6-17(7-5-16)21-9-8-20-12-14-10-19-11-15(14)13-20/h4-7,14-15,19H,8-13H2,1-3H3. The van der Waals surface area contributed by atoms with Crippen molar-refractivity contribution >= 4 is 0 Å². The number of fused-ring (bicyclic) bond motifs is 1. The first-order chi connectivity index (χ1) is 10.0. The SMILES string of the molecule is CC(C)(C)c1ccc(OCCN2CC3CNCC3C2)cc1. The van der Waals surface area contributed by atoms with Crippen molar-refractivity contribution in [2.24, 2.45) is 11.8 Å². The van der Waals surface area contributed by atoms with Crippen LogP contribution in [0, 0.1) is 11.8 Å². The van der Waals surface area contributed by atoms with Crippen LogP contribution in [0.3, 0.4) is 0 Å². The first-order valence-electron chi connectivity index (χ1n) is 8.19. The third-order valence-electron chi connectivity index (χ3n) is 4.86. The maximum atomic E-state index is 5.90. The molecule has 2 aliphatic heterocycles.